The highest BCUT2D eigenvalue weighted by atomic mass is 35.5. The van der Waals surface area contributed by atoms with Gasteiger partial charge in [0, 0.05) is 30.1 Å². The molecule has 0 saturated heterocycles. The molecule has 5 rings (SSSR count). The predicted octanol–water partition coefficient (Wildman–Crippen LogP) is 5.51. The Hall–Kier alpha value is -3.45. The van der Waals surface area contributed by atoms with E-state index in [1.807, 2.05) is 43.3 Å². The molecule has 2 aromatic carbocycles. The molecule has 1 N–H and O–H groups in total. The average Bonchev–Trinajstić information content (AvgIpc) is 3.43. The van der Waals surface area contributed by atoms with E-state index >= 15 is 0 Å². The maximum absolute atomic E-state index is 6.46. The van der Waals surface area contributed by atoms with Gasteiger partial charge >= 0.3 is 0 Å². The Balaban J connectivity index is 1.34. The van der Waals surface area contributed by atoms with Crippen LogP contribution in [0.15, 0.2) is 65.0 Å². The molecule has 2 aliphatic rings. The second-order valence-corrected chi connectivity index (χ2v) is 8.59. The van der Waals surface area contributed by atoms with Crippen molar-refractivity contribution in [2.24, 2.45) is 9.98 Å². The smallest absolute Gasteiger partial charge is 0.188 e. The highest BCUT2D eigenvalue weighted by Crippen LogP contribution is 2.31. The molecule has 7 nitrogen and oxygen atoms in total. The highest BCUT2D eigenvalue weighted by Gasteiger charge is 2.23. The monoisotopic (exact) mass is 461 g/mol. The van der Waals surface area contributed by atoms with E-state index in [-0.39, 0.29) is 12.1 Å². The summed E-state index contributed by atoms with van der Waals surface area (Å²) in [6, 6.07) is 11.9. The Morgan fingerprint density at radius 2 is 2.06 bits per heavy atom. The molecule has 0 aliphatic carbocycles. The van der Waals surface area contributed by atoms with E-state index in [0.717, 1.165) is 40.2 Å². The number of aromatic nitrogens is 2. The fraction of sp³-hybridized carbons (Fsp3) is 0.280. The first kappa shape index (κ1) is 21.4. The minimum absolute atomic E-state index is 0.112. The standard InChI is InChI=1S/C25H24ClN5O2/c1-15-16(2)33-24(30-15)11-17-5-7-22-20(10-17)25(29-14-28-22)31-18-6-8-23(21(26)12-18)32-13-19-4-3-9-27-19/h3,5-10,12,14-16H,4,11,13H2,1-2H3,(H,28,29,31)/t15-,16+/m1/s1. The number of hydrogen-bond donors (Lipinski definition) is 1. The number of nitrogens with one attached hydrogen (secondary N) is 1. The van der Waals surface area contributed by atoms with E-state index in [0.29, 0.717) is 29.6 Å². The average molecular weight is 462 g/mol. The van der Waals surface area contributed by atoms with Crippen LogP contribution in [0.1, 0.15) is 25.8 Å². The summed E-state index contributed by atoms with van der Waals surface area (Å²) in [6.45, 7) is 4.53. The van der Waals surface area contributed by atoms with Crippen molar-refractivity contribution in [3.05, 3.63) is 65.6 Å². The van der Waals surface area contributed by atoms with Crippen molar-refractivity contribution in [1.29, 1.82) is 0 Å². The van der Waals surface area contributed by atoms with Gasteiger partial charge in [0.1, 0.15) is 30.6 Å². The van der Waals surface area contributed by atoms with Crippen LogP contribution in [0.4, 0.5) is 11.5 Å². The molecular weight excluding hydrogens is 438 g/mol. The van der Waals surface area contributed by atoms with E-state index < -0.39 is 0 Å². The molecule has 2 atom stereocenters. The Labute approximate surface area is 197 Å². The first-order valence-corrected chi connectivity index (χ1v) is 11.3. The van der Waals surface area contributed by atoms with Gasteiger partial charge in [-0.15, -0.1) is 0 Å². The van der Waals surface area contributed by atoms with Crippen LogP contribution >= 0.6 is 11.6 Å². The number of halogens is 1. The van der Waals surface area contributed by atoms with Gasteiger partial charge in [-0.1, -0.05) is 23.7 Å². The summed E-state index contributed by atoms with van der Waals surface area (Å²) in [5.74, 6) is 2.09. The zero-order valence-corrected chi connectivity index (χ0v) is 19.2. The van der Waals surface area contributed by atoms with Crippen molar-refractivity contribution in [3.63, 3.8) is 0 Å². The van der Waals surface area contributed by atoms with Crippen molar-refractivity contribution in [1.82, 2.24) is 9.97 Å². The molecule has 2 aliphatic heterocycles. The zero-order valence-electron chi connectivity index (χ0n) is 18.5. The molecule has 0 saturated carbocycles. The zero-order chi connectivity index (χ0) is 22.8. The summed E-state index contributed by atoms with van der Waals surface area (Å²) in [6.07, 6.45) is 6.91. The predicted molar refractivity (Wildman–Crippen MR) is 132 cm³/mol. The summed E-state index contributed by atoms with van der Waals surface area (Å²) in [5.41, 5.74) is 3.73. The number of hydrogen-bond acceptors (Lipinski definition) is 7. The Morgan fingerprint density at radius 3 is 2.82 bits per heavy atom. The van der Waals surface area contributed by atoms with Crippen LogP contribution in [0.2, 0.25) is 5.02 Å². The van der Waals surface area contributed by atoms with Crippen LogP contribution in [0.5, 0.6) is 5.75 Å². The lowest BCUT2D eigenvalue weighted by Gasteiger charge is -2.12. The SMILES string of the molecule is C[C@@H]1OC(Cc2ccc3ncnc(Nc4ccc(OCC5=NC=CC5)c(Cl)c4)c3c2)=N[C@@H]1C. The maximum Gasteiger partial charge on any atom is 0.188 e. The molecule has 0 bridgehead atoms. The molecule has 0 radical (unpaired) electrons. The first-order valence-electron chi connectivity index (χ1n) is 10.9. The molecule has 0 unspecified atom stereocenters. The molecule has 3 aromatic rings. The van der Waals surface area contributed by atoms with Gasteiger partial charge in [0.15, 0.2) is 5.90 Å². The van der Waals surface area contributed by atoms with Gasteiger partial charge in [-0.25, -0.2) is 15.0 Å². The van der Waals surface area contributed by atoms with Gasteiger partial charge in [0.25, 0.3) is 0 Å². The molecule has 3 heterocycles. The third-order valence-corrected chi connectivity index (χ3v) is 6.00. The highest BCUT2D eigenvalue weighted by molar-refractivity contribution is 6.32. The first-order chi connectivity index (χ1) is 16.0. The van der Waals surface area contributed by atoms with E-state index in [1.54, 1.807) is 12.5 Å². The van der Waals surface area contributed by atoms with Gasteiger partial charge < -0.3 is 14.8 Å². The second kappa shape index (κ2) is 9.19. The molecule has 8 heteroatoms. The molecule has 0 fully saturated rings. The van der Waals surface area contributed by atoms with Gasteiger partial charge in [0.2, 0.25) is 0 Å². The van der Waals surface area contributed by atoms with Crippen molar-refractivity contribution in [2.45, 2.75) is 38.8 Å². The van der Waals surface area contributed by atoms with Crippen LogP contribution in [0.3, 0.4) is 0 Å². The number of fused-ring (bicyclic) bond motifs is 1. The molecule has 0 spiro atoms. The van der Waals surface area contributed by atoms with Crippen molar-refractivity contribution in [3.8, 4) is 5.75 Å². The molecule has 33 heavy (non-hydrogen) atoms. The largest absolute Gasteiger partial charge is 0.486 e. The van der Waals surface area contributed by atoms with Crippen LogP contribution in [0, 0.1) is 0 Å². The summed E-state index contributed by atoms with van der Waals surface area (Å²) >= 11 is 6.46. The second-order valence-electron chi connectivity index (χ2n) is 8.18. The number of rotatable bonds is 7. The van der Waals surface area contributed by atoms with E-state index in [2.05, 4.69) is 38.3 Å². The number of benzene rings is 2. The Kier molecular flexibility index (Phi) is 5.96. The summed E-state index contributed by atoms with van der Waals surface area (Å²) in [5, 5.41) is 4.79. The third-order valence-electron chi connectivity index (χ3n) is 5.71. The number of nitrogens with zero attached hydrogens (tertiary/aromatic N) is 4. The molecular formula is C25H24ClN5O2. The van der Waals surface area contributed by atoms with Crippen molar-refractivity contribution < 1.29 is 9.47 Å². The van der Waals surface area contributed by atoms with Crippen molar-refractivity contribution in [2.75, 3.05) is 11.9 Å². The minimum atomic E-state index is 0.112. The van der Waals surface area contributed by atoms with Crippen LogP contribution in [0.25, 0.3) is 10.9 Å². The van der Waals surface area contributed by atoms with E-state index in [4.69, 9.17) is 21.1 Å². The van der Waals surface area contributed by atoms with Crippen LogP contribution < -0.4 is 10.1 Å². The Morgan fingerprint density at radius 1 is 1.15 bits per heavy atom. The summed E-state index contributed by atoms with van der Waals surface area (Å²) in [7, 11) is 0. The third kappa shape index (κ3) is 4.83. The fourth-order valence-electron chi connectivity index (χ4n) is 3.74. The number of allylic oxidation sites excluding steroid dienone is 1. The van der Waals surface area contributed by atoms with Gasteiger partial charge in [-0.05, 0) is 49.7 Å². The lowest BCUT2D eigenvalue weighted by Crippen LogP contribution is -2.15. The quantitative estimate of drug-likeness (QED) is 0.501. The topological polar surface area (TPSA) is 81.0 Å². The number of ether oxygens (including phenoxy) is 2. The summed E-state index contributed by atoms with van der Waals surface area (Å²) < 4.78 is 11.7. The van der Waals surface area contributed by atoms with E-state index in [1.165, 1.54) is 0 Å². The van der Waals surface area contributed by atoms with Gasteiger partial charge in [0.05, 0.1) is 22.3 Å². The minimum Gasteiger partial charge on any atom is -0.486 e. The lowest BCUT2D eigenvalue weighted by atomic mass is 10.1. The van der Waals surface area contributed by atoms with E-state index in [9.17, 15) is 0 Å². The number of aliphatic imine (C=N–C) groups is 2. The normalized spacial score (nSPS) is 19.4. The lowest BCUT2D eigenvalue weighted by molar-refractivity contribution is 0.214. The fourth-order valence-corrected chi connectivity index (χ4v) is 3.98. The summed E-state index contributed by atoms with van der Waals surface area (Å²) in [4.78, 5) is 17.7. The maximum atomic E-state index is 6.46. The molecule has 0 amide bonds. The van der Waals surface area contributed by atoms with Crippen LogP contribution in [-0.2, 0) is 11.2 Å². The van der Waals surface area contributed by atoms with Crippen molar-refractivity contribution >= 4 is 45.6 Å². The van der Waals surface area contributed by atoms with Gasteiger partial charge in [-0.2, -0.15) is 0 Å². The van der Waals surface area contributed by atoms with Gasteiger partial charge in [-0.3, -0.25) is 4.99 Å². The molecule has 1 aromatic heterocycles. The van der Waals surface area contributed by atoms with Crippen LogP contribution in [-0.4, -0.2) is 40.3 Å². The molecule has 168 valence electrons. The Bertz CT molecular complexity index is 1290. The number of anilines is 2.